The van der Waals surface area contributed by atoms with E-state index in [0.717, 1.165) is 35.7 Å². The molecular weight excluding hydrogens is 348 g/mol. The van der Waals surface area contributed by atoms with Gasteiger partial charge in [-0.1, -0.05) is 31.2 Å². The van der Waals surface area contributed by atoms with E-state index in [2.05, 4.69) is 22.5 Å². The van der Waals surface area contributed by atoms with Gasteiger partial charge in [-0.05, 0) is 48.5 Å². The number of rotatable bonds is 8. The molecule has 0 aliphatic rings. The number of aromatic amines is 1. The van der Waals surface area contributed by atoms with Crippen molar-refractivity contribution in [2.45, 2.75) is 19.9 Å². The Kier molecular flexibility index (Phi) is 5.91. The van der Waals surface area contributed by atoms with Crippen molar-refractivity contribution in [3.05, 3.63) is 58.9 Å². The minimum absolute atomic E-state index is 0.494. The van der Waals surface area contributed by atoms with E-state index in [0.29, 0.717) is 17.1 Å². The summed E-state index contributed by atoms with van der Waals surface area (Å²) in [5, 5.41) is 7.17. The van der Waals surface area contributed by atoms with Crippen LogP contribution in [0.4, 0.5) is 0 Å². The second kappa shape index (κ2) is 8.53. The molecule has 0 saturated heterocycles. The monoisotopic (exact) mass is 370 g/mol. The van der Waals surface area contributed by atoms with Gasteiger partial charge in [0.25, 0.3) is 0 Å². The fourth-order valence-corrected chi connectivity index (χ4v) is 2.74. The Labute approximate surface area is 157 Å². The van der Waals surface area contributed by atoms with E-state index >= 15 is 0 Å². The molecule has 0 saturated carbocycles. The van der Waals surface area contributed by atoms with E-state index in [9.17, 15) is 0 Å². The summed E-state index contributed by atoms with van der Waals surface area (Å²) in [6.45, 7) is 3.42. The first-order valence-corrected chi connectivity index (χ1v) is 8.90. The predicted molar refractivity (Wildman–Crippen MR) is 105 cm³/mol. The Morgan fingerprint density at radius 3 is 2.65 bits per heavy atom. The van der Waals surface area contributed by atoms with E-state index in [1.807, 2.05) is 48.5 Å². The number of ether oxygens (including phenoxy) is 2. The molecule has 3 rings (SSSR count). The third kappa shape index (κ3) is 4.05. The Hall–Kier alpha value is -2.80. The molecule has 7 heteroatoms. The smallest absolute Gasteiger partial charge is 0.214 e. The van der Waals surface area contributed by atoms with Gasteiger partial charge >= 0.3 is 0 Å². The molecule has 0 spiro atoms. The number of para-hydroxylation sites is 1. The van der Waals surface area contributed by atoms with Gasteiger partial charge in [-0.25, -0.2) is 9.77 Å². The molecule has 0 aliphatic carbocycles. The topological polar surface area (TPSA) is 64.1 Å². The lowest BCUT2D eigenvalue weighted by molar-refractivity contribution is 0.317. The zero-order chi connectivity index (χ0) is 18.4. The molecule has 136 valence electrons. The van der Waals surface area contributed by atoms with Crippen molar-refractivity contribution < 1.29 is 9.47 Å². The summed E-state index contributed by atoms with van der Waals surface area (Å²) in [5.74, 6) is 2.29. The van der Waals surface area contributed by atoms with Gasteiger partial charge in [0.1, 0.15) is 11.5 Å². The first-order chi connectivity index (χ1) is 12.7. The second-order valence-electron chi connectivity index (χ2n) is 5.72. The van der Waals surface area contributed by atoms with Crippen LogP contribution in [0.5, 0.6) is 11.5 Å². The average molecular weight is 370 g/mol. The Bertz CT molecular complexity index is 902. The summed E-state index contributed by atoms with van der Waals surface area (Å²) >= 11 is 5.36. The zero-order valence-electron chi connectivity index (χ0n) is 14.9. The highest BCUT2D eigenvalue weighted by molar-refractivity contribution is 7.71. The molecule has 0 unspecified atom stereocenters. The highest BCUT2D eigenvalue weighted by atomic mass is 32.1. The van der Waals surface area contributed by atoms with Crippen LogP contribution in [0.3, 0.4) is 0 Å². The quantitative estimate of drug-likeness (QED) is 0.583. The number of nitrogens with one attached hydrogen (secondary N) is 2. The van der Waals surface area contributed by atoms with E-state index in [1.165, 1.54) is 0 Å². The van der Waals surface area contributed by atoms with Gasteiger partial charge in [0.15, 0.2) is 5.82 Å². The number of hydrogen-bond donors (Lipinski definition) is 2. The molecule has 0 bridgehead atoms. The fourth-order valence-electron chi connectivity index (χ4n) is 2.55. The molecule has 0 fully saturated rings. The number of nitrogens with zero attached hydrogens (tertiary/aromatic N) is 2. The van der Waals surface area contributed by atoms with Crippen molar-refractivity contribution in [2.75, 3.05) is 19.1 Å². The summed E-state index contributed by atoms with van der Waals surface area (Å²) in [6, 6.07) is 15.7. The summed E-state index contributed by atoms with van der Waals surface area (Å²) < 4.78 is 13.3. The zero-order valence-corrected chi connectivity index (χ0v) is 15.7. The van der Waals surface area contributed by atoms with Gasteiger partial charge in [0.2, 0.25) is 4.77 Å². The maximum absolute atomic E-state index is 5.61. The number of aromatic nitrogens is 3. The van der Waals surface area contributed by atoms with E-state index < -0.39 is 0 Å². The van der Waals surface area contributed by atoms with Crippen LogP contribution in [0.2, 0.25) is 0 Å². The Morgan fingerprint density at radius 2 is 1.92 bits per heavy atom. The molecule has 6 nitrogen and oxygen atoms in total. The van der Waals surface area contributed by atoms with Gasteiger partial charge in [0, 0.05) is 0 Å². The normalized spacial score (nSPS) is 10.5. The second-order valence-corrected chi connectivity index (χ2v) is 6.10. The van der Waals surface area contributed by atoms with Crippen LogP contribution in [0, 0.1) is 4.77 Å². The lowest BCUT2D eigenvalue weighted by Crippen LogP contribution is -2.16. The first-order valence-electron chi connectivity index (χ1n) is 8.49. The van der Waals surface area contributed by atoms with Gasteiger partial charge in [-0.2, -0.15) is 5.10 Å². The van der Waals surface area contributed by atoms with Crippen LogP contribution < -0.4 is 14.9 Å². The summed E-state index contributed by atoms with van der Waals surface area (Å²) in [7, 11) is 1.64. The number of methoxy groups -OCH3 is 1. The van der Waals surface area contributed by atoms with E-state index in [-0.39, 0.29) is 0 Å². The van der Waals surface area contributed by atoms with Crippen LogP contribution >= 0.6 is 12.2 Å². The van der Waals surface area contributed by atoms with Crippen molar-refractivity contribution in [2.24, 2.45) is 0 Å². The largest absolute Gasteiger partial charge is 0.496 e. The highest BCUT2D eigenvalue weighted by Gasteiger charge is 2.13. The molecule has 1 aromatic heterocycles. The summed E-state index contributed by atoms with van der Waals surface area (Å²) in [6.07, 6.45) is 0.994. The Balaban J connectivity index is 1.77. The first kappa shape index (κ1) is 18.0. The standard InChI is InChI=1S/C19H22N4O2S/c1-3-12-25-15-10-8-14(9-11-15)13-20-23-18(21-22-19(23)26)16-6-4-5-7-17(16)24-2/h4-11,20H,3,12-13H2,1-2H3,(H,22,26). The molecule has 0 atom stereocenters. The minimum Gasteiger partial charge on any atom is -0.496 e. The summed E-state index contributed by atoms with van der Waals surface area (Å²) in [5.41, 5.74) is 5.29. The van der Waals surface area contributed by atoms with Crippen molar-refractivity contribution in [1.29, 1.82) is 0 Å². The van der Waals surface area contributed by atoms with Crippen LogP contribution in [0.25, 0.3) is 11.4 Å². The van der Waals surface area contributed by atoms with Gasteiger partial charge in [0.05, 0.1) is 25.8 Å². The third-order valence-corrected chi connectivity index (χ3v) is 4.13. The number of hydrogen-bond acceptors (Lipinski definition) is 5. The SMILES string of the molecule is CCCOc1ccc(CNn2c(-c3ccccc3OC)n[nH]c2=S)cc1. The van der Waals surface area contributed by atoms with E-state index in [1.54, 1.807) is 11.8 Å². The molecule has 3 aromatic rings. The van der Waals surface area contributed by atoms with Crippen LogP contribution in [0.1, 0.15) is 18.9 Å². The predicted octanol–water partition coefficient (Wildman–Crippen LogP) is 4.15. The van der Waals surface area contributed by atoms with Gasteiger partial charge < -0.3 is 14.9 Å². The Morgan fingerprint density at radius 1 is 1.15 bits per heavy atom. The van der Waals surface area contributed by atoms with Gasteiger partial charge in [-0.3, -0.25) is 0 Å². The van der Waals surface area contributed by atoms with Crippen molar-refractivity contribution in [1.82, 2.24) is 14.9 Å². The molecule has 2 N–H and O–H groups in total. The molecule has 26 heavy (non-hydrogen) atoms. The van der Waals surface area contributed by atoms with Crippen molar-refractivity contribution >= 4 is 12.2 Å². The van der Waals surface area contributed by atoms with Gasteiger partial charge in [-0.15, -0.1) is 0 Å². The minimum atomic E-state index is 0.494. The lowest BCUT2D eigenvalue weighted by Gasteiger charge is -2.12. The maximum Gasteiger partial charge on any atom is 0.214 e. The number of benzene rings is 2. The average Bonchev–Trinajstić information content (AvgIpc) is 3.05. The highest BCUT2D eigenvalue weighted by Crippen LogP contribution is 2.27. The van der Waals surface area contributed by atoms with Crippen molar-refractivity contribution in [3.63, 3.8) is 0 Å². The van der Waals surface area contributed by atoms with Crippen molar-refractivity contribution in [3.8, 4) is 22.9 Å². The fraction of sp³-hybridized carbons (Fsp3) is 0.263. The van der Waals surface area contributed by atoms with Crippen LogP contribution in [-0.4, -0.2) is 28.6 Å². The molecule has 0 aliphatic heterocycles. The van der Waals surface area contributed by atoms with Crippen LogP contribution in [-0.2, 0) is 6.54 Å². The molecule has 0 radical (unpaired) electrons. The third-order valence-electron chi connectivity index (χ3n) is 3.86. The van der Waals surface area contributed by atoms with E-state index in [4.69, 9.17) is 21.7 Å². The lowest BCUT2D eigenvalue weighted by atomic mass is 10.2. The molecule has 2 aromatic carbocycles. The summed E-state index contributed by atoms with van der Waals surface area (Å²) in [4.78, 5) is 0. The number of H-pyrrole nitrogens is 1. The molecular formula is C19H22N4O2S. The molecule has 0 amide bonds. The molecule has 1 heterocycles. The van der Waals surface area contributed by atoms with Crippen LogP contribution in [0.15, 0.2) is 48.5 Å². The maximum atomic E-state index is 5.61.